The average molecular weight is 238 g/mol. The van der Waals surface area contributed by atoms with Crippen LogP contribution in [0, 0.1) is 17.8 Å². The molecule has 0 bridgehead atoms. The van der Waals surface area contributed by atoms with E-state index in [0.29, 0.717) is 0 Å². The van der Waals surface area contributed by atoms with Crippen LogP contribution in [0.2, 0.25) is 0 Å². The number of hydrogen-bond donors (Lipinski definition) is 1. The lowest BCUT2D eigenvalue weighted by molar-refractivity contribution is 0.180. The molecule has 0 radical (unpaired) electrons. The largest absolute Gasteiger partial charge is 0.316 e. The third-order valence-corrected chi connectivity index (χ3v) is 4.67. The second-order valence-corrected chi connectivity index (χ2v) is 6.56. The molecular weight excluding hydrogens is 208 g/mol. The summed E-state index contributed by atoms with van der Waals surface area (Å²) in [4.78, 5) is 2.60. The van der Waals surface area contributed by atoms with Gasteiger partial charge in [-0.05, 0) is 63.6 Å². The Hall–Kier alpha value is -0.0800. The fourth-order valence-corrected chi connectivity index (χ4v) is 3.55. The SMILES string of the molecule is CC1CCC(CN(C)CC2CCCNC2)CC1. The molecule has 1 saturated carbocycles. The van der Waals surface area contributed by atoms with Crippen LogP contribution in [0.3, 0.4) is 0 Å². The molecule has 0 aromatic carbocycles. The quantitative estimate of drug-likeness (QED) is 0.810. The summed E-state index contributed by atoms with van der Waals surface area (Å²) >= 11 is 0. The minimum absolute atomic E-state index is 0.899. The number of rotatable bonds is 4. The van der Waals surface area contributed by atoms with Crippen LogP contribution >= 0.6 is 0 Å². The third kappa shape index (κ3) is 4.59. The molecule has 0 aromatic rings. The van der Waals surface area contributed by atoms with Crippen LogP contribution in [0.25, 0.3) is 0 Å². The predicted octanol–water partition coefficient (Wildman–Crippen LogP) is 2.74. The second kappa shape index (κ2) is 6.75. The van der Waals surface area contributed by atoms with Crippen molar-refractivity contribution in [1.29, 1.82) is 0 Å². The van der Waals surface area contributed by atoms with Crippen molar-refractivity contribution < 1.29 is 0 Å². The Morgan fingerprint density at radius 2 is 1.71 bits per heavy atom. The van der Waals surface area contributed by atoms with Gasteiger partial charge in [-0.3, -0.25) is 0 Å². The van der Waals surface area contributed by atoms with Crippen molar-refractivity contribution in [3.05, 3.63) is 0 Å². The van der Waals surface area contributed by atoms with Crippen LogP contribution in [-0.2, 0) is 0 Å². The molecule has 0 amide bonds. The fourth-order valence-electron chi connectivity index (χ4n) is 3.55. The molecule has 2 heteroatoms. The second-order valence-electron chi connectivity index (χ2n) is 6.56. The zero-order valence-electron chi connectivity index (χ0n) is 11.8. The molecule has 2 rings (SSSR count). The van der Waals surface area contributed by atoms with Crippen molar-refractivity contribution in [1.82, 2.24) is 10.2 Å². The van der Waals surface area contributed by atoms with Crippen molar-refractivity contribution in [2.24, 2.45) is 17.8 Å². The zero-order valence-corrected chi connectivity index (χ0v) is 11.8. The predicted molar refractivity (Wildman–Crippen MR) is 74.2 cm³/mol. The Balaban J connectivity index is 1.64. The molecule has 1 N–H and O–H groups in total. The van der Waals surface area contributed by atoms with Crippen LogP contribution in [0.15, 0.2) is 0 Å². The number of nitrogens with zero attached hydrogens (tertiary/aromatic N) is 1. The van der Waals surface area contributed by atoms with Gasteiger partial charge in [0.15, 0.2) is 0 Å². The molecule has 1 atom stereocenters. The van der Waals surface area contributed by atoms with Crippen LogP contribution in [0.4, 0.5) is 0 Å². The summed E-state index contributed by atoms with van der Waals surface area (Å²) in [5, 5.41) is 3.52. The Labute approximate surface area is 107 Å². The molecular formula is C15H30N2. The van der Waals surface area contributed by atoms with Gasteiger partial charge in [0, 0.05) is 13.1 Å². The van der Waals surface area contributed by atoms with Gasteiger partial charge in [-0.1, -0.05) is 19.8 Å². The molecule has 1 aliphatic carbocycles. The van der Waals surface area contributed by atoms with Gasteiger partial charge in [0.2, 0.25) is 0 Å². The molecule has 100 valence electrons. The Morgan fingerprint density at radius 3 is 2.35 bits per heavy atom. The molecule has 1 unspecified atom stereocenters. The fraction of sp³-hybridized carbons (Fsp3) is 1.00. The van der Waals surface area contributed by atoms with E-state index in [2.05, 4.69) is 24.2 Å². The first-order valence-corrected chi connectivity index (χ1v) is 7.63. The molecule has 1 saturated heterocycles. The minimum atomic E-state index is 0.899. The maximum absolute atomic E-state index is 3.52. The van der Waals surface area contributed by atoms with E-state index in [9.17, 15) is 0 Å². The molecule has 17 heavy (non-hydrogen) atoms. The van der Waals surface area contributed by atoms with Gasteiger partial charge in [0.05, 0.1) is 0 Å². The Kier molecular flexibility index (Phi) is 5.30. The highest BCUT2D eigenvalue weighted by atomic mass is 15.1. The maximum Gasteiger partial charge on any atom is 0.00189 e. The van der Waals surface area contributed by atoms with Gasteiger partial charge in [-0.2, -0.15) is 0 Å². The van der Waals surface area contributed by atoms with Gasteiger partial charge >= 0.3 is 0 Å². The summed E-state index contributed by atoms with van der Waals surface area (Å²) in [6, 6.07) is 0. The van der Waals surface area contributed by atoms with Crippen molar-refractivity contribution in [3.63, 3.8) is 0 Å². The van der Waals surface area contributed by atoms with Gasteiger partial charge in [0.25, 0.3) is 0 Å². The maximum atomic E-state index is 3.52. The van der Waals surface area contributed by atoms with Crippen LogP contribution < -0.4 is 5.32 Å². The first kappa shape index (κ1) is 13.4. The highest BCUT2D eigenvalue weighted by Gasteiger charge is 2.21. The lowest BCUT2D eigenvalue weighted by Crippen LogP contribution is -2.38. The summed E-state index contributed by atoms with van der Waals surface area (Å²) in [6.45, 7) is 7.53. The van der Waals surface area contributed by atoms with Crippen molar-refractivity contribution >= 4 is 0 Å². The van der Waals surface area contributed by atoms with Gasteiger partial charge in [0.1, 0.15) is 0 Å². The highest BCUT2D eigenvalue weighted by molar-refractivity contribution is 4.75. The Bertz CT molecular complexity index is 203. The normalized spacial score (nSPS) is 35.1. The molecule has 2 fully saturated rings. The topological polar surface area (TPSA) is 15.3 Å². The smallest absolute Gasteiger partial charge is 0.00189 e. The van der Waals surface area contributed by atoms with Gasteiger partial charge in [-0.25, -0.2) is 0 Å². The average Bonchev–Trinajstić information content (AvgIpc) is 2.33. The van der Waals surface area contributed by atoms with E-state index in [1.807, 2.05) is 0 Å². The molecule has 2 nitrogen and oxygen atoms in total. The van der Waals surface area contributed by atoms with E-state index < -0.39 is 0 Å². The van der Waals surface area contributed by atoms with E-state index in [4.69, 9.17) is 0 Å². The summed E-state index contributed by atoms with van der Waals surface area (Å²) in [7, 11) is 2.33. The monoisotopic (exact) mass is 238 g/mol. The molecule has 1 aliphatic heterocycles. The molecule has 2 aliphatic rings. The van der Waals surface area contributed by atoms with Crippen LogP contribution in [0.1, 0.15) is 45.4 Å². The number of nitrogens with one attached hydrogen (secondary N) is 1. The summed E-state index contributed by atoms with van der Waals surface area (Å²) in [5.41, 5.74) is 0. The van der Waals surface area contributed by atoms with Crippen molar-refractivity contribution in [2.45, 2.75) is 45.4 Å². The third-order valence-electron chi connectivity index (χ3n) is 4.67. The minimum Gasteiger partial charge on any atom is -0.316 e. The van der Waals surface area contributed by atoms with Crippen molar-refractivity contribution in [2.75, 3.05) is 33.2 Å². The highest BCUT2D eigenvalue weighted by Crippen LogP contribution is 2.28. The number of piperidine rings is 1. The van der Waals surface area contributed by atoms with E-state index in [0.717, 1.165) is 17.8 Å². The summed E-state index contributed by atoms with van der Waals surface area (Å²) < 4.78 is 0. The van der Waals surface area contributed by atoms with Gasteiger partial charge < -0.3 is 10.2 Å². The summed E-state index contributed by atoms with van der Waals surface area (Å²) in [6.07, 6.45) is 8.66. The van der Waals surface area contributed by atoms with Gasteiger partial charge in [-0.15, -0.1) is 0 Å². The van der Waals surface area contributed by atoms with E-state index >= 15 is 0 Å². The van der Waals surface area contributed by atoms with Crippen molar-refractivity contribution in [3.8, 4) is 0 Å². The zero-order chi connectivity index (χ0) is 12.1. The molecule has 0 aromatic heterocycles. The standard InChI is InChI=1S/C15H30N2/c1-13-5-7-14(8-6-13)11-17(2)12-15-4-3-9-16-10-15/h13-16H,3-12H2,1-2H3. The van der Waals surface area contributed by atoms with E-state index in [-0.39, 0.29) is 0 Å². The number of hydrogen-bond acceptors (Lipinski definition) is 2. The summed E-state index contributed by atoms with van der Waals surface area (Å²) in [5.74, 6) is 2.86. The van der Waals surface area contributed by atoms with E-state index in [1.54, 1.807) is 0 Å². The van der Waals surface area contributed by atoms with Crippen LogP contribution in [0.5, 0.6) is 0 Å². The lowest BCUT2D eigenvalue weighted by atomic mass is 9.83. The first-order valence-electron chi connectivity index (χ1n) is 7.63. The molecule has 1 heterocycles. The Morgan fingerprint density at radius 1 is 1.00 bits per heavy atom. The van der Waals surface area contributed by atoms with E-state index in [1.165, 1.54) is 64.7 Å². The molecule has 0 spiro atoms. The van der Waals surface area contributed by atoms with Crippen LogP contribution in [-0.4, -0.2) is 38.1 Å². The first-order chi connectivity index (χ1) is 8.24. The lowest BCUT2D eigenvalue weighted by Gasteiger charge is -2.32.